The molecule has 2 aliphatic rings. The summed E-state index contributed by atoms with van der Waals surface area (Å²) in [7, 11) is 0. The average molecular weight is 394 g/mol. The second-order valence-corrected chi connectivity index (χ2v) is 8.18. The van der Waals surface area contributed by atoms with Crippen LogP contribution in [0.5, 0.6) is 5.75 Å². The predicted octanol–water partition coefficient (Wildman–Crippen LogP) is 1.81. The molecule has 9 nitrogen and oxygen atoms in total. The number of carbonyl (C=O) groups excluding carboxylic acids is 1. The summed E-state index contributed by atoms with van der Waals surface area (Å²) in [5, 5.41) is 3.04. The van der Waals surface area contributed by atoms with Crippen LogP contribution in [0.1, 0.15) is 37.6 Å². The number of rotatable bonds is 0. The van der Waals surface area contributed by atoms with E-state index >= 15 is 0 Å². The second kappa shape index (κ2) is 6.07. The summed E-state index contributed by atoms with van der Waals surface area (Å²) in [6.45, 7) is 7.23. The average Bonchev–Trinajstić information content (AvgIpc) is 3.00. The number of nitrogens with zero attached hydrogens (tertiary/aromatic N) is 4. The summed E-state index contributed by atoms with van der Waals surface area (Å²) in [6.07, 6.45) is 2.47. The topological polar surface area (TPSA) is 105 Å². The molecule has 3 aromatic heterocycles. The third-order valence-electron chi connectivity index (χ3n) is 5.59. The van der Waals surface area contributed by atoms with E-state index in [-0.39, 0.29) is 17.5 Å². The largest absolute Gasteiger partial charge is 0.491 e. The fourth-order valence-electron chi connectivity index (χ4n) is 4.01. The summed E-state index contributed by atoms with van der Waals surface area (Å²) in [5.41, 5.74) is 0.529. The van der Waals surface area contributed by atoms with E-state index in [0.717, 1.165) is 6.42 Å². The Morgan fingerprint density at radius 1 is 1.24 bits per heavy atom. The Morgan fingerprint density at radius 3 is 2.90 bits per heavy atom. The van der Waals surface area contributed by atoms with E-state index < -0.39 is 5.66 Å². The molecular formula is C20H22N6O3. The Labute approximate surface area is 166 Å². The Hall–Kier alpha value is -3.36. The van der Waals surface area contributed by atoms with Crippen molar-refractivity contribution in [3.05, 3.63) is 40.4 Å². The van der Waals surface area contributed by atoms with E-state index in [0.29, 0.717) is 47.3 Å². The zero-order valence-corrected chi connectivity index (χ0v) is 16.5. The standard InChI is InChI=1S/C20H22N6O3/c1-11-7-9-25-17-12(18(27)24-20(25,2)3)4-5-14(22-17)26-15-13(29-10-11)6-8-21-16(15)23-19(26)28/h4-6,8,11H,7,9-10H2,1-3H3,(H,24,27)(H,21,23,28)/t11-/m0/s1. The van der Waals surface area contributed by atoms with Gasteiger partial charge in [0.25, 0.3) is 5.91 Å². The molecule has 0 unspecified atom stereocenters. The van der Waals surface area contributed by atoms with Gasteiger partial charge in [-0.1, -0.05) is 6.92 Å². The number of imidazole rings is 1. The van der Waals surface area contributed by atoms with Gasteiger partial charge < -0.3 is 15.0 Å². The lowest BCUT2D eigenvalue weighted by Crippen LogP contribution is -2.61. The molecule has 9 heteroatoms. The smallest absolute Gasteiger partial charge is 0.333 e. The molecule has 0 fully saturated rings. The number of aromatic nitrogens is 4. The van der Waals surface area contributed by atoms with Gasteiger partial charge in [-0.2, -0.15) is 0 Å². The van der Waals surface area contributed by atoms with Crippen molar-refractivity contribution in [2.75, 3.05) is 18.1 Å². The highest BCUT2D eigenvalue weighted by atomic mass is 16.5. The van der Waals surface area contributed by atoms with Crippen LogP contribution in [-0.4, -0.2) is 44.2 Å². The van der Waals surface area contributed by atoms with Gasteiger partial charge in [-0.15, -0.1) is 0 Å². The van der Waals surface area contributed by atoms with E-state index in [2.05, 4.69) is 27.1 Å². The lowest BCUT2D eigenvalue weighted by molar-refractivity contribution is 0.0895. The molecule has 2 aliphatic heterocycles. The van der Waals surface area contributed by atoms with E-state index in [1.807, 2.05) is 13.8 Å². The first-order valence-electron chi connectivity index (χ1n) is 9.69. The third kappa shape index (κ3) is 2.68. The molecular weight excluding hydrogens is 372 g/mol. The van der Waals surface area contributed by atoms with Crippen LogP contribution >= 0.6 is 0 Å². The summed E-state index contributed by atoms with van der Waals surface area (Å²) >= 11 is 0. The van der Waals surface area contributed by atoms with Crippen molar-refractivity contribution >= 4 is 22.9 Å². The number of anilines is 1. The van der Waals surface area contributed by atoms with E-state index in [1.165, 1.54) is 4.57 Å². The number of nitrogens with one attached hydrogen (secondary N) is 2. The van der Waals surface area contributed by atoms with Crippen molar-refractivity contribution in [3.63, 3.8) is 0 Å². The zero-order valence-electron chi connectivity index (χ0n) is 16.5. The zero-order chi connectivity index (χ0) is 20.3. The van der Waals surface area contributed by atoms with Crippen LogP contribution in [0.15, 0.2) is 29.2 Å². The third-order valence-corrected chi connectivity index (χ3v) is 5.59. The van der Waals surface area contributed by atoms with E-state index in [9.17, 15) is 9.59 Å². The van der Waals surface area contributed by atoms with Gasteiger partial charge in [-0.05, 0) is 38.3 Å². The molecule has 0 saturated carbocycles. The summed E-state index contributed by atoms with van der Waals surface area (Å²) in [6, 6.07) is 5.15. The molecule has 5 rings (SSSR count). The molecule has 0 aromatic carbocycles. The van der Waals surface area contributed by atoms with Crippen molar-refractivity contribution in [2.24, 2.45) is 5.92 Å². The molecule has 5 heterocycles. The maximum Gasteiger partial charge on any atom is 0.333 e. The molecule has 3 aromatic rings. The first-order valence-corrected chi connectivity index (χ1v) is 9.69. The maximum absolute atomic E-state index is 12.8. The van der Waals surface area contributed by atoms with Crippen molar-refractivity contribution in [1.82, 2.24) is 24.8 Å². The van der Waals surface area contributed by atoms with E-state index in [4.69, 9.17) is 9.72 Å². The highest BCUT2D eigenvalue weighted by molar-refractivity contribution is 6.01. The number of hydrogen-bond acceptors (Lipinski definition) is 6. The van der Waals surface area contributed by atoms with Crippen molar-refractivity contribution < 1.29 is 9.53 Å². The summed E-state index contributed by atoms with van der Waals surface area (Å²) in [5.74, 6) is 1.67. The molecule has 150 valence electrons. The van der Waals surface area contributed by atoms with Crippen LogP contribution in [0.2, 0.25) is 0 Å². The molecule has 29 heavy (non-hydrogen) atoms. The van der Waals surface area contributed by atoms with Gasteiger partial charge in [-0.25, -0.2) is 19.3 Å². The molecule has 2 bridgehead atoms. The minimum atomic E-state index is -0.599. The highest BCUT2D eigenvalue weighted by Crippen LogP contribution is 2.33. The number of ether oxygens (including phenoxy) is 1. The van der Waals surface area contributed by atoms with Crippen LogP contribution in [0.25, 0.3) is 17.0 Å². The Bertz CT molecular complexity index is 1190. The minimum Gasteiger partial charge on any atom is -0.491 e. The molecule has 1 atom stereocenters. The SMILES string of the molecule is C[C@H]1CCN2c3nc(ccc3C(=O)NC2(C)C)-n2c(=O)[nH]c3nccc(c32)OC1. The van der Waals surface area contributed by atoms with Gasteiger partial charge in [0.2, 0.25) is 0 Å². The Morgan fingerprint density at radius 2 is 2.07 bits per heavy atom. The molecule has 0 radical (unpaired) electrons. The second-order valence-electron chi connectivity index (χ2n) is 8.18. The highest BCUT2D eigenvalue weighted by Gasteiger charge is 2.38. The van der Waals surface area contributed by atoms with Crippen molar-refractivity contribution in [3.8, 4) is 11.6 Å². The predicted molar refractivity (Wildman–Crippen MR) is 108 cm³/mol. The number of fused-ring (bicyclic) bond motifs is 2. The molecule has 0 spiro atoms. The number of carbonyl (C=O) groups is 1. The van der Waals surface area contributed by atoms with Gasteiger partial charge in [0.15, 0.2) is 5.65 Å². The molecule has 0 saturated heterocycles. The fourth-order valence-corrected chi connectivity index (χ4v) is 4.01. The quantitative estimate of drug-likeness (QED) is 0.603. The Balaban J connectivity index is 1.82. The number of pyridine rings is 2. The van der Waals surface area contributed by atoms with Crippen LogP contribution in [0.3, 0.4) is 0 Å². The maximum atomic E-state index is 12.8. The lowest BCUT2D eigenvalue weighted by atomic mass is 10.0. The van der Waals surface area contributed by atoms with Crippen molar-refractivity contribution in [1.29, 1.82) is 0 Å². The van der Waals surface area contributed by atoms with Gasteiger partial charge in [-0.3, -0.25) is 9.78 Å². The minimum absolute atomic E-state index is 0.169. The summed E-state index contributed by atoms with van der Waals surface area (Å²) < 4.78 is 7.53. The molecule has 0 aliphatic carbocycles. The number of amides is 1. The van der Waals surface area contributed by atoms with Crippen molar-refractivity contribution in [2.45, 2.75) is 32.9 Å². The van der Waals surface area contributed by atoms with Gasteiger partial charge in [0.05, 0.1) is 12.2 Å². The van der Waals surface area contributed by atoms with Crippen LogP contribution in [0, 0.1) is 5.92 Å². The first-order chi connectivity index (χ1) is 13.8. The van der Waals surface area contributed by atoms with Gasteiger partial charge in [0.1, 0.15) is 28.6 Å². The van der Waals surface area contributed by atoms with Gasteiger partial charge >= 0.3 is 5.69 Å². The lowest BCUT2D eigenvalue weighted by Gasteiger charge is -2.44. The summed E-state index contributed by atoms with van der Waals surface area (Å²) in [4.78, 5) is 39.3. The molecule has 1 amide bonds. The molecule has 2 N–H and O–H groups in total. The normalized spacial score (nSPS) is 20.4. The monoisotopic (exact) mass is 394 g/mol. The number of aromatic amines is 1. The van der Waals surface area contributed by atoms with Gasteiger partial charge in [0, 0.05) is 18.8 Å². The fraction of sp³-hybridized carbons (Fsp3) is 0.400. The number of H-pyrrole nitrogens is 1. The van der Waals surface area contributed by atoms with E-state index in [1.54, 1.807) is 24.4 Å². The Kier molecular flexibility index (Phi) is 3.71. The first kappa shape index (κ1) is 17.7. The number of hydrogen-bond donors (Lipinski definition) is 2. The van der Waals surface area contributed by atoms with Crippen LogP contribution in [-0.2, 0) is 0 Å². The van der Waals surface area contributed by atoms with Crippen LogP contribution in [0.4, 0.5) is 5.82 Å². The van der Waals surface area contributed by atoms with Crippen LogP contribution < -0.4 is 20.6 Å².